The number of carbonyl (C=O) groups is 1. The van der Waals surface area contributed by atoms with E-state index < -0.39 is 0 Å². The summed E-state index contributed by atoms with van der Waals surface area (Å²) in [6.45, 7) is 1.82. The molecule has 0 saturated carbocycles. The van der Waals surface area contributed by atoms with E-state index in [2.05, 4.69) is 25.9 Å². The first kappa shape index (κ1) is 11.8. The summed E-state index contributed by atoms with van der Waals surface area (Å²) in [6, 6.07) is 7.54. The molecule has 1 atom stereocenters. The van der Waals surface area contributed by atoms with Crippen LogP contribution in [0.15, 0.2) is 29.6 Å². The van der Waals surface area contributed by atoms with Crippen molar-refractivity contribution in [2.45, 2.75) is 13.0 Å². The molecule has 1 unspecified atom stereocenters. The van der Waals surface area contributed by atoms with Crippen molar-refractivity contribution in [1.29, 1.82) is 0 Å². The van der Waals surface area contributed by atoms with Gasteiger partial charge in [0.1, 0.15) is 0 Å². The highest BCUT2D eigenvalue weighted by Gasteiger charge is 2.17. The summed E-state index contributed by atoms with van der Waals surface area (Å²) in [5.74, 6) is 0.336. The maximum atomic E-state index is 12.2. The highest BCUT2D eigenvalue weighted by molar-refractivity contribution is 7.17. The van der Waals surface area contributed by atoms with Gasteiger partial charge < -0.3 is 5.32 Å². The Hall–Kier alpha value is -2.28. The van der Waals surface area contributed by atoms with E-state index in [-0.39, 0.29) is 11.9 Å². The SMILES string of the molecule is CC(NC(=O)c1csc2ccccc12)c1nn[nH]n1. The number of nitrogens with one attached hydrogen (secondary N) is 2. The van der Waals surface area contributed by atoms with E-state index in [1.165, 1.54) is 0 Å². The zero-order valence-electron chi connectivity index (χ0n) is 10.1. The van der Waals surface area contributed by atoms with Crippen molar-refractivity contribution >= 4 is 27.3 Å². The molecule has 0 aliphatic rings. The van der Waals surface area contributed by atoms with Crippen LogP contribution in [0.4, 0.5) is 0 Å². The Morgan fingerprint density at radius 3 is 3.05 bits per heavy atom. The summed E-state index contributed by atoms with van der Waals surface area (Å²) in [4.78, 5) is 12.2. The lowest BCUT2D eigenvalue weighted by atomic mass is 10.1. The fourth-order valence-electron chi connectivity index (χ4n) is 1.85. The molecule has 0 fully saturated rings. The monoisotopic (exact) mass is 273 g/mol. The molecule has 6 nitrogen and oxygen atoms in total. The van der Waals surface area contributed by atoms with E-state index in [0.717, 1.165) is 10.1 Å². The number of hydrogen-bond acceptors (Lipinski definition) is 5. The molecular formula is C12H11N5OS. The molecule has 3 aromatic rings. The lowest BCUT2D eigenvalue weighted by Crippen LogP contribution is -2.27. The summed E-state index contributed by atoms with van der Waals surface area (Å²) in [5, 5.41) is 19.2. The fourth-order valence-corrected chi connectivity index (χ4v) is 2.79. The molecule has 19 heavy (non-hydrogen) atoms. The molecule has 0 spiro atoms. The number of tetrazole rings is 1. The number of H-pyrrole nitrogens is 1. The van der Waals surface area contributed by atoms with Crippen LogP contribution >= 0.6 is 11.3 Å². The molecule has 2 aromatic heterocycles. The number of rotatable bonds is 3. The van der Waals surface area contributed by atoms with Crippen LogP contribution in [0.1, 0.15) is 29.1 Å². The number of nitrogens with zero attached hydrogens (tertiary/aromatic N) is 3. The van der Waals surface area contributed by atoms with Gasteiger partial charge in [-0.1, -0.05) is 23.4 Å². The lowest BCUT2D eigenvalue weighted by Gasteiger charge is -2.09. The summed E-state index contributed by atoms with van der Waals surface area (Å²) in [6.07, 6.45) is 0. The Labute approximate surface area is 112 Å². The van der Waals surface area contributed by atoms with Gasteiger partial charge >= 0.3 is 0 Å². The molecular weight excluding hydrogens is 262 g/mol. The first-order valence-electron chi connectivity index (χ1n) is 5.76. The molecule has 0 bridgehead atoms. The van der Waals surface area contributed by atoms with E-state index >= 15 is 0 Å². The van der Waals surface area contributed by atoms with Gasteiger partial charge in [0.05, 0.1) is 11.6 Å². The maximum Gasteiger partial charge on any atom is 0.253 e. The molecule has 96 valence electrons. The predicted molar refractivity (Wildman–Crippen MR) is 71.9 cm³/mol. The van der Waals surface area contributed by atoms with Crippen LogP contribution < -0.4 is 5.32 Å². The number of hydrogen-bond donors (Lipinski definition) is 2. The predicted octanol–water partition coefficient (Wildman–Crippen LogP) is 1.91. The van der Waals surface area contributed by atoms with Crippen molar-refractivity contribution in [2.75, 3.05) is 0 Å². The second kappa shape index (κ2) is 4.77. The van der Waals surface area contributed by atoms with Gasteiger partial charge in [-0.2, -0.15) is 5.21 Å². The number of thiophene rings is 1. The largest absolute Gasteiger partial charge is 0.342 e. The Balaban J connectivity index is 1.84. The number of carbonyl (C=O) groups excluding carboxylic acids is 1. The maximum absolute atomic E-state index is 12.2. The average molecular weight is 273 g/mol. The Bertz CT molecular complexity index is 706. The van der Waals surface area contributed by atoms with E-state index in [1.807, 2.05) is 36.6 Å². The molecule has 0 radical (unpaired) electrons. The molecule has 0 aliphatic carbocycles. The number of benzene rings is 1. The second-order valence-corrected chi connectivity index (χ2v) is 5.02. The molecule has 2 heterocycles. The minimum atomic E-state index is -0.287. The molecule has 1 aromatic carbocycles. The molecule has 0 aliphatic heterocycles. The topological polar surface area (TPSA) is 83.6 Å². The van der Waals surface area contributed by atoms with Crippen molar-refractivity contribution in [3.63, 3.8) is 0 Å². The Morgan fingerprint density at radius 1 is 1.42 bits per heavy atom. The van der Waals surface area contributed by atoms with Gasteiger partial charge in [0.25, 0.3) is 5.91 Å². The third kappa shape index (κ3) is 2.19. The van der Waals surface area contributed by atoms with Crippen LogP contribution in [0.3, 0.4) is 0 Å². The summed E-state index contributed by atoms with van der Waals surface area (Å²) in [5.41, 5.74) is 0.677. The van der Waals surface area contributed by atoms with Crippen molar-refractivity contribution in [3.8, 4) is 0 Å². The number of aromatic amines is 1. The van der Waals surface area contributed by atoms with Crippen LogP contribution in [0.25, 0.3) is 10.1 Å². The van der Waals surface area contributed by atoms with Gasteiger partial charge in [0, 0.05) is 15.5 Å². The molecule has 2 N–H and O–H groups in total. The summed E-state index contributed by atoms with van der Waals surface area (Å²) < 4.78 is 1.10. The van der Waals surface area contributed by atoms with Gasteiger partial charge in [-0.3, -0.25) is 4.79 Å². The van der Waals surface area contributed by atoms with Crippen LogP contribution in [0, 0.1) is 0 Å². The molecule has 1 amide bonds. The first-order chi connectivity index (χ1) is 9.25. The third-order valence-corrected chi connectivity index (χ3v) is 3.79. The summed E-state index contributed by atoms with van der Waals surface area (Å²) >= 11 is 1.56. The van der Waals surface area contributed by atoms with Crippen molar-refractivity contribution in [1.82, 2.24) is 25.9 Å². The number of amides is 1. The minimum Gasteiger partial charge on any atom is -0.342 e. The van der Waals surface area contributed by atoms with E-state index in [9.17, 15) is 4.79 Å². The smallest absolute Gasteiger partial charge is 0.253 e. The van der Waals surface area contributed by atoms with Crippen LogP contribution in [0.2, 0.25) is 0 Å². The van der Waals surface area contributed by atoms with Gasteiger partial charge in [-0.05, 0) is 13.0 Å². The van der Waals surface area contributed by atoms with Crippen LogP contribution in [-0.4, -0.2) is 26.5 Å². The lowest BCUT2D eigenvalue weighted by molar-refractivity contribution is 0.0940. The second-order valence-electron chi connectivity index (χ2n) is 4.11. The van der Waals surface area contributed by atoms with Gasteiger partial charge in [0.2, 0.25) is 0 Å². The van der Waals surface area contributed by atoms with E-state index in [4.69, 9.17) is 0 Å². The fraction of sp³-hybridized carbons (Fsp3) is 0.167. The normalized spacial score (nSPS) is 12.5. The summed E-state index contributed by atoms with van der Waals surface area (Å²) in [7, 11) is 0. The number of fused-ring (bicyclic) bond motifs is 1. The van der Waals surface area contributed by atoms with Gasteiger partial charge in [0.15, 0.2) is 5.82 Å². The zero-order valence-corrected chi connectivity index (χ0v) is 10.9. The van der Waals surface area contributed by atoms with Crippen molar-refractivity contribution < 1.29 is 4.79 Å². The highest BCUT2D eigenvalue weighted by atomic mass is 32.1. The van der Waals surface area contributed by atoms with Gasteiger partial charge in [-0.15, -0.1) is 21.5 Å². The zero-order chi connectivity index (χ0) is 13.2. The molecule has 3 rings (SSSR count). The van der Waals surface area contributed by atoms with E-state index in [1.54, 1.807) is 11.3 Å². The van der Waals surface area contributed by atoms with Crippen LogP contribution in [0.5, 0.6) is 0 Å². The Morgan fingerprint density at radius 2 is 2.26 bits per heavy atom. The van der Waals surface area contributed by atoms with Crippen molar-refractivity contribution in [3.05, 3.63) is 41.0 Å². The quantitative estimate of drug-likeness (QED) is 0.763. The van der Waals surface area contributed by atoms with Crippen LogP contribution in [-0.2, 0) is 0 Å². The van der Waals surface area contributed by atoms with Gasteiger partial charge in [-0.25, -0.2) is 0 Å². The van der Waals surface area contributed by atoms with E-state index in [0.29, 0.717) is 11.4 Å². The minimum absolute atomic E-state index is 0.130. The standard InChI is InChI=1S/C12H11N5OS/c1-7(11-14-16-17-15-11)13-12(18)9-6-19-10-5-3-2-4-8(9)10/h2-7H,1H3,(H,13,18)(H,14,15,16,17). The van der Waals surface area contributed by atoms with Crippen molar-refractivity contribution in [2.24, 2.45) is 0 Å². The highest BCUT2D eigenvalue weighted by Crippen LogP contribution is 2.25. The average Bonchev–Trinajstić information content (AvgIpc) is 3.08. The first-order valence-corrected chi connectivity index (χ1v) is 6.64. The molecule has 7 heteroatoms. The third-order valence-electron chi connectivity index (χ3n) is 2.82. The number of aromatic nitrogens is 4. The Kier molecular flexibility index (Phi) is 2.96. The molecule has 0 saturated heterocycles.